The Morgan fingerprint density at radius 2 is 1.97 bits per heavy atom. The first kappa shape index (κ1) is 23.8. The third-order valence-corrected chi connectivity index (χ3v) is 6.52. The first-order valence-corrected chi connectivity index (χ1v) is 11.9. The average Bonchev–Trinajstić information content (AvgIpc) is 2.82. The van der Waals surface area contributed by atoms with E-state index in [1.165, 1.54) is 24.3 Å². The van der Waals surface area contributed by atoms with Crippen LogP contribution < -0.4 is 11.1 Å². The van der Waals surface area contributed by atoms with E-state index in [0.29, 0.717) is 47.0 Å². The molecule has 1 aromatic heterocycles. The number of nitrogens with two attached hydrogens (primary N) is 1. The largest absolute Gasteiger partial charge is 0.394 e. The highest BCUT2D eigenvalue weighted by Crippen LogP contribution is 2.34. The zero-order chi connectivity index (χ0) is 26.0. The second kappa shape index (κ2) is 10.8. The summed E-state index contributed by atoms with van der Waals surface area (Å²) in [5.74, 6) is -2.06. The minimum absolute atomic E-state index is 0.00403. The molecule has 0 saturated heterocycles. The number of aliphatic hydroxyl groups is 2. The number of hydrogen-bond donors (Lipinski definition) is 4. The minimum atomic E-state index is -1.43. The zero-order valence-electron chi connectivity index (χ0n) is 19.6. The summed E-state index contributed by atoms with van der Waals surface area (Å²) < 4.78 is 37.0. The van der Waals surface area contributed by atoms with Crippen molar-refractivity contribution in [2.24, 2.45) is 0 Å². The van der Waals surface area contributed by atoms with E-state index in [1.807, 2.05) is 0 Å². The third kappa shape index (κ3) is 5.83. The molecule has 2 aromatic carbocycles. The first-order valence-electron chi connectivity index (χ1n) is 11.6. The maximum absolute atomic E-state index is 15.0. The van der Waals surface area contributed by atoms with Gasteiger partial charge in [0.15, 0.2) is 0 Å². The second-order valence-electron chi connectivity index (χ2n) is 8.48. The van der Waals surface area contributed by atoms with Crippen molar-refractivity contribution in [3.63, 3.8) is 0 Å². The van der Waals surface area contributed by atoms with Crippen LogP contribution in [0.25, 0.3) is 11.3 Å². The number of carbonyl (C=O) groups excluding carboxylic acids is 1. The van der Waals surface area contributed by atoms with Gasteiger partial charge < -0.3 is 21.3 Å². The molecule has 1 atom stereocenters. The van der Waals surface area contributed by atoms with E-state index in [2.05, 4.69) is 31.2 Å². The van der Waals surface area contributed by atoms with Gasteiger partial charge in [0.05, 0.1) is 37.6 Å². The number of halogens is 3. The number of nitrogen functional groups attached to an aromatic ring is 1. The lowest BCUT2D eigenvalue weighted by Crippen LogP contribution is -2.31. The average molecular weight is 548 g/mol. The van der Waals surface area contributed by atoms with Crippen molar-refractivity contribution >= 4 is 27.7 Å². The quantitative estimate of drug-likeness (QED) is 0.366. The van der Waals surface area contributed by atoms with E-state index in [9.17, 15) is 19.4 Å². The molecule has 1 aliphatic carbocycles. The molecule has 1 amide bonds. The monoisotopic (exact) mass is 547 g/mol. The third-order valence-electron chi connectivity index (χ3n) is 6.06. The summed E-state index contributed by atoms with van der Waals surface area (Å²) in [6.45, 7) is -0.515. The van der Waals surface area contributed by atoms with E-state index in [1.54, 1.807) is 12.3 Å². The summed E-state index contributed by atoms with van der Waals surface area (Å²) in [5, 5.41) is 22.1. The van der Waals surface area contributed by atoms with Gasteiger partial charge in [0.1, 0.15) is 23.1 Å². The number of aromatic nitrogens is 2. The molecule has 3 aromatic rings. The SMILES string of the molecule is [2H]C1(O)CCC(c2cnc(N)c(-c3ccc(C(=O)N[C@H](CO)c4cc(F)cc(Br)c4)c(F)c3)n2)CC1. The number of carbonyl (C=O) groups is 1. The van der Waals surface area contributed by atoms with Crippen molar-refractivity contribution in [2.75, 3.05) is 12.3 Å². The van der Waals surface area contributed by atoms with Crippen LogP contribution in [0.15, 0.2) is 47.1 Å². The van der Waals surface area contributed by atoms with Gasteiger partial charge in [0.2, 0.25) is 0 Å². The van der Waals surface area contributed by atoms with Gasteiger partial charge in [-0.15, -0.1) is 0 Å². The standard InChI is InChI=1S/C25H25BrF2N4O3/c26-16-7-15(8-17(27)10-16)22(12-33)32-25(35)19-6-3-14(9-20(19)28)23-24(29)30-11-21(31-23)13-1-4-18(34)5-2-13/h3,6-11,13,18,22,33-34H,1-2,4-5,12H2,(H2,29,30)(H,32,35)/t13?,18?,22-/m1/s1/i18D. The number of aliphatic hydroxyl groups excluding tert-OH is 1. The lowest BCUT2D eigenvalue weighted by atomic mass is 9.85. The Kier molecular flexibility index (Phi) is 7.31. The maximum Gasteiger partial charge on any atom is 0.254 e. The fourth-order valence-corrected chi connectivity index (χ4v) is 4.64. The van der Waals surface area contributed by atoms with E-state index in [-0.39, 0.29) is 23.0 Å². The molecule has 1 saturated carbocycles. The van der Waals surface area contributed by atoms with Crippen LogP contribution in [0.1, 0.15) is 60.6 Å². The van der Waals surface area contributed by atoms with Gasteiger partial charge in [-0.2, -0.15) is 0 Å². The molecule has 184 valence electrons. The molecule has 1 fully saturated rings. The molecule has 7 nitrogen and oxygen atoms in total. The summed E-state index contributed by atoms with van der Waals surface area (Å²) in [6, 6.07) is 6.94. The minimum Gasteiger partial charge on any atom is -0.394 e. The lowest BCUT2D eigenvalue weighted by molar-refractivity contribution is 0.0912. The fraction of sp³-hybridized carbons (Fsp3) is 0.320. The number of benzene rings is 2. The molecule has 4 rings (SSSR count). The summed E-state index contributed by atoms with van der Waals surface area (Å²) in [5.41, 5.74) is 7.30. The van der Waals surface area contributed by atoms with Crippen molar-refractivity contribution < 1.29 is 25.2 Å². The predicted molar refractivity (Wildman–Crippen MR) is 130 cm³/mol. The zero-order valence-corrected chi connectivity index (χ0v) is 20.2. The molecule has 10 heteroatoms. The molecule has 0 bridgehead atoms. The molecule has 5 N–H and O–H groups in total. The van der Waals surface area contributed by atoms with Crippen LogP contribution in [-0.4, -0.2) is 38.8 Å². The van der Waals surface area contributed by atoms with Crippen molar-refractivity contribution in [2.45, 2.75) is 43.7 Å². The van der Waals surface area contributed by atoms with Crippen LogP contribution in [-0.2, 0) is 0 Å². The van der Waals surface area contributed by atoms with E-state index < -0.39 is 36.3 Å². The van der Waals surface area contributed by atoms with E-state index >= 15 is 4.39 Å². The number of nitrogens with zero attached hydrogens (tertiary/aromatic N) is 2. The molecule has 1 aliphatic rings. The maximum atomic E-state index is 15.0. The van der Waals surface area contributed by atoms with Crippen LogP contribution in [0.2, 0.25) is 0 Å². The van der Waals surface area contributed by atoms with Gasteiger partial charge in [-0.25, -0.2) is 18.7 Å². The van der Waals surface area contributed by atoms with Gasteiger partial charge in [-0.3, -0.25) is 4.79 Å². The number of anilines is 1. The Hall–Kier alpha value is -2.95. The number of rotatable bonds is 6. The van der Waals surface area contributed by atoms with Gasteiger partial charge in [-0.1, -0.05) is 22.0 Å². The van der Waals surface area contributed by atoms with Gasteiger partial charge in [-0.05, 0) is 61.6 Å². The number of nitrogens with one attached hydrogen (secondary N) is 1. The lowest BCUT2D eigenvalue weighted by Gasteiger charge is -2.25. The Balaban J connectivity index is 1.55. The molecular weight excluding hydrogens is 522 g/mol. The topological polar surface area (TPSA) is 121 Å². The Morgan fingerprint density at radius 3 is 2.63 bits per heavy atom. The highest BCUT2D eigenvalue weighted by Gasteiger charge is 2.24. The number of amides is 1. The molecular formula is C25H25BrF2N4O3. The summed E-state index contributed by atoms with van der Waals surface area (Å²) in [4.78, 5) is 21.5. The molecule has 1 heterocycles. The molecule has 0 radical (unpaired) electrons. The van der Waals surface area contributed by atoms with Crippen molar-refractivity contribution in [1.82, 2.24) is 15.3 Å². The predicted octanol–water partition coefficient (Wildman–Crippen LogP) is 4.25. The highest BCUT2D eigenvalue weighted by atomic mass is 79.9. The molecule has 0 spiro atoms. The summed E-state index contributed by atoms with van der Waals surface area (Å²) >= 11 is 3.17. The Bertz CT molecular complexity index is 1260. The van der Waals surface area contributed by atoms with Crippen LogP contribution in [0, 0.1) is 11.6 Å². The smallest absolute Gasteiger partial charge is 0.254 e. The highest BCUT2D eigenvalue weighted by molar-refractivity contribution is 9.10. The van der Waals surface area contributed by atoms with Crippen molar-refractivity contribution in [3.8, 4) is 11.3 Å². The normalized spacial score (nSPS) is 21.3. The Morgan fingerprint density at radius 1 is 1.23 bits per heavy atom. The van der Waals surface area contributed by atoms with Crippen LogP contribution in [0.5, 0.6) is 0 Å². The number of hydrogen-bond acceptors (Lipinski definition) is 6. The van der Waals surface area contributed by atoms with Gasteiger partial charge in [0.25, 0.3) is 5.91 Å². The fourth-order valence-electron chi connectivity index (χ4n) is 4.16. The molecule has 35 heavy (non-hydrogen) atoms. The van der Waals surface area contributed by atoms with Crippen molar-refractivity contribution in [1.29, 1.82) is 0 Å². The Labute approximate surface area is 211 Å². The summed E-state index contributed by atoms with van der Waals surface area (Å²) in [7, 11) is 0. The van der Waals surface area contributed by atoms with Crippen LogP contribution in [0.3, 0.4) is 0 Å². The first-order chi connectivity index (χ1) is 17.1. The molecule has 0 unspecified atom stereocenters. The molecule has 0 aliphatic heterocycles. The van der Waals surface area contributed by atoms with Crippen LogP contribution >= 0.6 is 15.9 Å². The van der Waals surface area contributed by atoms with E-state index in [4.69, 9.17) is 7.10 Å². The van der Waals surface area contributed by atoms with Gasteiger partial charge in [0, 0.05) is 16.0 Å². The summed E-state index contributed by atoms with van der Waals surface area (Å²) in [6.07, 6.45) is 1.90. The van der Waals surface area contributed by atoms with Crippen LogP contribution in [0.4, 0.5) is 14.6 Å². The van der Waals surface area contributed by atoms with Gasteiger partial charge >= 0.3 is 0 Å². The van der Waals surface area contributed by atoms with Crippen molar-refractivity contribution in [3.05, 3.63) is 75.5 Å². The second-order valence-corrected chi connectivity index (χ2v) is 9.39. The van der Waals surface area contributed by atoms with E-state index in [0.717, 1.165) is 6.07 Å².